The Morgan fingerprint density at radius 3 is 2.74 bits per heavy atom. The molecule has 1 atom stereocenters. The molecule has 3 rings (SSSR count). The molecule has 0 saturated heterocycles. The maximum absolute atomic E-state index is 12.2. The minimum Gasteiger partial charge on any atom is -0.469 e. The van der Waals surface area contributed by atoms with Crippen LogP contribution in [-0.2, 0) is 6.42 Å². The van der Waals surface area contributed by atoms with Crippen molar-refractivity contribution in [1.29, 1.82) is 0 Å². The molecule has 2 aromatic carbocycles. The molecule has 0 radical (unpaired) electrons. The number of urea groups is 1. The Labute approximate surface area is 135 Å². The third-order valence-electron chi connectivity index (χ3n) is 3.82. The van der Waals surface area contributed by atoms with Crippen LogP contribution in [0.25, 0.3) is 10.8 Å². The van der Waals surface area contributed by atoms with Gasteiger partial charge in [0.1, 0.15) is 5.76 Å². The van der Waals surface area contributed by atoms with Gasteiger partial charge in [0.15, 0.2) is 0 Å². The summed E-state index contributed by atoms with van der Waals surface area (Å²) in [6, 6.07) is 17.6. The number of rotatable bonds is 5. The predicted molar refractivity (Wildman–Crippen MR) is 92.6 cm³/mol. The standard InChI is InChI=1S/C19H20N2O2/c1-14(11-12-16-8-5-13-23-16)20-19(22)21-18-10-4-7-15-6-2-3-9-17(15)18/h2-10,13-14H,11-12H2,1H3,(H2,20,21,22). The van der Waals surface area contributed by atoms with Gasteiger partial charge < -0.3 is 15.1 Å². The number of hydrogen-bond acceptors (Lipinski definition) is 2. The van der Waals surface area contributed by atoms with Crippen molar-refractivity contribution in [3.8, 4) is 0 Å². The summed E-state index contributed by atoms with van der Waals surface area (Å²) < 4.78 is 5.30. The number of fused-ring (bicyclic) bond motifs is 1. The van der Waals surface area contributed by atoms with Crippen LogP contribution in [0, 0.1) is 0 Å². The van der Waals surface area contributed by atoms with Gasteiger partial charge in [-0.2, -0.15) is 0 Å². The summed E-state index contributed by atoms with van der Waals surface area (Å²) in [5, 5.41) is 8.04. The van der Waals surface area contributed by atoms with Crippen molar-refractivity contribution in [2.45, 2.75) is 25.8 Å². The minimum atomic E-state index is -0.187. The van der Waals surface area contributed by atoms with Crippen molar-refractivity contribution < 1.29 is 9.21 Å². The molecule has 4 heteroatoms. The number of nitrogens with one attached hydrogen (secondary N) is 2. The highest BCUT2D eigenvalue weighted by atomic mass is 16.3. The largest absolute Gasteiger partial charge is 0.469 e. The van der Waals surface area contributed by atoms with Crippen LogP contribution >= 0.6 is 0 Å². The van der Waals surface area contributed by atoms with Crippen molar-refractivity contribution >= 4 is 22.5 Å². The minimum absolute atomic E-state index is 0.0649. The highest BCUT2D eigenvalue weighted by Crippen LogP contribution is 2.22. The van der Waals surface area contributed by atoms with E-state index in [0.717, 1.165) is 35.1 Å². The number of aryl methyl sites for hydroxylation is 1. The van der Waals surface area contributed by atoms with E-state index in [9.17, 15) is 4.79 Å². The molecule has 1 aromatic heterocycles. The van der Waals surface area contributed by atoms with E-state index in [1.807, 2.05) is 61.5 Å². The van der Waals surface area contributed by atoms with E-state index in [1.165, 1.54) is 0 Å². The summed E-state index contributed by atoms with van der Waals surface area (Å²) in [4.78, 5) is 12.2. The van der Waals surface area contributed by atoms with E-state index in [0.29, 0.717) is 0 Å². The van der Waals surface area contributed by atoms with Crippen molar-refractivity contribution in [3.05, 3.63) is 66.6 Å². The van der Waals surface area contributed by atoms with Gasteiger partial charge in [0.05, 0.1) is 12.0 Å². The van der Waals surface area contributed by atoms with Crippen LogP contribution in [0.3, 0.4) is 0 Å². The maximum atomic E-state index is 12.2. The van der Waals surface area contributed by atoms with Crippen LogP contribution in [0.4, 0.5) is 10.5 Å². The van der Waals surface area contributed by atoms with Gasteiger partial charge in [0.2, 0.25) is 0 Å². The lowest BCUT2D eigenvalue weighted by molar-refractivity contribution is 0.248. The first-order valence-electron chi connectivity index (χ1n) is 7.80. The van der Waals surface area contributed by atoms with Gasteiger partial charge in [-0.15, -0.1) is 0 Å². The first-order valence-corrected chi connectivity index (χ1v) is 7.80. The van der Waals surface area contributed by atoms with Crippen molar-refractivity contribution in [3.63, 3.8) is 0 Å². The van der Waals surface area contributed by atoms with Gasteiger partial charge in [-0.1, -0.05) is 36.4 Å². The quantitative estimate of drug-likeness (QED) is 0.725. The highest BCUT2D eigenvalue weighted by Gasteiger charge is 2.09. The summed E-state index contributed by atoms with van der Waals surface area (Å²) in [6.07, 6.45) is 3.31. The molecule has 2 N–H and O–H groups in total. The SMILES string of the molecule is CC(CCc1ccco1)NC(=O)Nc1cccc2ccccc12. The van der Waals surface area contributed by atoms with Crippen LogP contribution in [-0.4, -0.2) is 12.1 Å². The molecule has 2 amide bonds. The van der Waals surface area contributed by atoms with E-state index < -0.39 is 0 Å². The zero-order valence-electron chi connectivity index (χ0n) is 13.1. The lowest BCUT2D eigenvalue weighted by Crippen LogP contribution is -2.36. The van der Waals surface area contributed by atoms with Crippen LogP contribution in [0.15, 0.2) is 65.3 Å². The first-order chi connectivity index (χ1) is 11.2. The van der Waals surface area contributed by atoms with Gasteiger partial charge in [-0.3, -0.25) is 0 Å². The first kappa shape index (κ1) is 15.2. The number of hydrogen-bond donors (Lipinski definition) is 2. The van der Waals surface area contributed by atoms with Crippen molar-refractivity contribution in [2.24, 2.45) is 0 Å². The average molecular weight is 308 g/mol. The number of carbonyl (C=O) groups is 1. The molecule has 0 bridgehead atoms. The van der Waals surface area contributed by atoms with Crippen molar-refractivity contribution in [1.82, 2.24) is 5.32 Å². The average Bonchev–Trinajstić information content (AvgIpc) is 3.07. The number of amides is 2. The Hall–Kier alpha value is -2.75. The Kier molecular flexibility index (Phi) is 4.62. The topological polar surface area (TPSA) is 54.3 Å². The van der Waals surface area contributed by atoms with Gasteiger partial charge >= 0.3 is 6.03 Å². The molecule has 4 nitrogen and oxygen atoms in total. The molecule has 0 spiro atoms. The normalized spacial score (nSPS) is 12.0. The van der Waals surface area contributed by atoms with E-state index in [4.69, 9.17) is 4.42 Å². The Morgan fingerprint density at radius 1 is 1.09 bits per heavy atom. The lowest BCUT2D eigenvalue weighted by Gasteiger charge is -2.15. The lowest BCUT2D eigenvalue weighted by atomic mass is 10.1. The van der Waals surface area contributed by atoms with Gasteiger partial charge in [0.25, 0.3) is 0 Å². The van der Waals surface area contributed by atoms with Gasteiger partial charge in [-0.05, 0) is 36.9 Å². The van der Waals surface area contributed by atoms with Gasteiger partial charge in [0, 0.05) is 17.8 Å². The Morgan fingerprint density at radius 2 is 1.91 bits per heavy atom. The molecular weight excluding hydrogens is 288 g/mol. The van der Waals surface area contributed by atoms with Gasteiger partial charge in [-0.25, -0.2) is 4.79 Å². The number of carbonyl (C=O) groups excluding carboxylic acids is 1. The molecule has 1 heterocycles. The second-order valence-electron chi connectivity index (χ2n) is 5.64. The molecule has 0 saturated carbocycles. The van der Waals surface area contributed by atoms with Crippen molar-refractivity contribution in [2.75, 3.05) is 5.32 Å². The smallest absolute Gasteiger partial charge is 0.319 e. The number of anilines is 1. The number of furan rings is 1. The monoisotopic (exact) mass is 308 g/mol. The molecule has 3 aromatic rings. The Balaban J connectivity index is 1.58. The second kappa shape index (κ2) is 7.01. The summed E-state index contributed by atoms with van der Waals surface area (Å²) in [5.41, 5.74) is 0.818. The summed E-state index contributed by atoms with van der Waals surface area (Å²) in [5.74, 6) is 0.938. The zero-order valence-corrected chi connectivity index (χ0v) is 13.1. The summed E-state index contributed by atoms with van der Waals surface area (Å²) >= 11 is 0. The van der Waals surface area contributed by atoms with E-state index >= 15 is 0 Å². The fourth-order valence-corrected chi connectivity index (χ4v) is 2.60. The second-order valence-corrected chi connectivity index (χ2v) is 5.64. The molecule has 0 aliphatic rings. The molecule has 0 aliphatic carbocycles. The van der Waals surface area contributed by atoms with Crippen LogP contribution in [0.2, 0.25) is 0 Å². The fraction of sp³-hybridized carbons (Fsp3) is 0.211. The Bertz CT molecular complexity index is 776. The molecule has 23 heavy (non-hydrogen) atoms. The van der Waals surface area contributed by atoms with E-state index in [-0.39, 0.29) is 12.1 Å². The van der Waals surface area contributed by atoms with Crippen LogP contribution in [0.5, 0.6) is 0 Å². The highest BCUT2D eigenvalue weighted by molar-refractivity contribution is 6.01. The molecule has 0 fully saturated rings. The molecule has 0 aliphatic heterocycles. The van der Waals surface area contributed by atoms with Crippen LogP contribution in [0.1, 0.15) is 19.1 Å². The maximum Gasteiger partial charge on any atom is 0.319 e. The fourth-order valence-electron chi connectivity index (χ4n) is 2.60. The zero-order chi connectivity index (χ0) is 16.1. The number of benzene rings is 2. The molecular formula is C19H20N2O2. The summed E-state index contributed by atoms with van der Waals surface area (Å²) in [6.45, 7) is 1.99. The summed E-state index contributed by atoms with van der Waals surface area (Å²) in [7, 11) is 0. The molecule has 118 valence electrons. The predicted octanol–water partition coefficient (Wildman–Crippen LogP) is 4.58. The van der Waals surface area contributed by atoms with E-state index in [1.54, 1.807) is 6.26 Å². The third-order valence-corrected chi connectivity index (χ3v) is 3.82. The van der Waals surface area contributed by atoms with Crippen LogP contribution < -0.4 is 10.6 Å². The third kappa shape index (κ3) is 3.92. The molecule has 1 unspecified atom stereocenters. The van der Waals surface area contributed by atoms with E-state index in [2.05, 4.69) is 10.6 Å².